The maximum atomic E-state index is 13.2. The van der Waals surface area contributed by atoms with Crippen LogP contribution >= 0.6 is 11.3 Å². The second-order valence-electron chi connectivity index (χ2n) is 9.06. The molecule has 0 saturated carbocycles. The average molecular weight is 445 g/mol. The molecule has 0 bridgehead atoms. The number of piperidine rings is 1. The summed E-state index contributed by atoms with van der Waals surface area (Å²) >= 11 is 1.47. The molecule has 1 aliphatic heterocycles. The van der Waals surface area contributed by atoms with Crippen LogP contribution in [0, 0.1) is 0 Å². The third-order valence-corrected chi connectivity index (χ3v) is 6.91. The molecule has 7 nitrogen and oxygen atoms in total. The van der Waals surface area contributed by atoms with Crippen LogP contribution in [0.5, 0.6) is 5.75 Å². The number of ether oxygens (including phenoxy) is 1. The van der Waals surface area contributed by atoms with E-state index in [1.54, 1.807) is 17.1 Å². The largest absolute Gasteiger partial charge is 0.460 e. The Labute approximate surface area is 186 Å². The van der Waals surface area contributed by atoms with Gasteiger partial charge in [-0.25, -0.2) is 14.1 Å². The molecular formula is C22H29FN6OS. The third kappa shape index (κ3) is 4.04. The van der Waals surface area contributed by atoms with Gasteiger partial charge in [0.2, 0.25) is 12.0 Å². The van der Waals surface area contributed by atoms with E-state index in [2.05, 4.69) is 53.0 Å². The number of anilines is 1. The Morgan fingerprint density at radius 2 is 1.87 bits per heavy atom. The zero-order chi connectivity index (χ0) is 22.2. The van der Waals surface area contributed by atoms with Gasteiger partial charge in [0, 0.05) is 30.5 Å². The quantitative estimate of drug-likeness (QED) is 0.528. The second kappa shape index (κ2) is 8.20. The molecule has 0 radical (unpaired) electrons. The van der Waals surface area contributed by atoms with Gasteiger partial charge in [0.1, 0.15) is 5.69 Å². The zero-order valence-corrected chi connectivity index (χ0v) is 19.5. The first-order valence-electron chi connectivity index (χ1n) is 10.4. The van der Waals surface area contributed by atoms with Gasteiger partial charge in [0.15, 0.2) is 10.8 Å². The minimum absolute atomic E-state index is 0.00480. The number of hydrazine groups is 1. The molecule has 2 aromatic heterocycles. The Balaban J connectivity index is 1.72. The highest BCUT2D eigenvalue weighted by molar-refractivity contribution is 7.18. The summed E-state index contributed by atoms with van der Waals surface area (Å²) in [7, 11) is 2.04. The molecule has 1 fully saturated rings. The molecule has 1 aliphatic rings. The third-order valence-electron chi connectivity index (χ3n) is 5.89. The van der Waals surface area contributed by atoms with E-state index in [1.165, 1.54) is 17.8 Å². The highest BCUT2D eigenvalue weighted by Crippen LogP contribution is 2.43. The average Bonchev–Trinajstić information content (AvgIpc) is 3.39. The number of nitrogens with zero attached hydrogens (tertiary/aromatic N) is 6. The van der Waals surface area contributed by atoms with E-state index in [4.69, 9.17) is 4.74 Å². The lowest BCUT2D eigenvalue weighted by atomic mass is 9.81. The van der Waals surface area contributed by atoms with E-state index in [1.807, 2.05) is 31.3 Å². The van der Waals surface area contributed by atoms with Crippen molar-refractivity contribution in [1.82, 2.24) is 25.0 Å². The molecule has 3 aromatic rings. The molecule has 0 aliphatic carbocycles. The molecule has 3 heterocycles. The van der Waals surface area contributed by atoms with Crippen molar-refractivity contribution >= 4 is 16.5 Å². The molecule has 9 heteroatoms. The molecule has 0 spiro atoms. The Morgan fingerprint density at radius 1 is 1.13 bits per heavy atom. The zero-order valence-electron chi connectivity index (χ0n) is 18.7. The molecule has 1 saturated heterocycles. The molecule has 0 unspecified atom stereocenters. The summed E-state index contributed by atoms with van der Waals surface area (Å²) < 4.78 is 20.3. The molecule has 31 heavy (non-hydrogen) atoms. The van der Waals surface area contributed by atoms with Crippen molar-refractivity contribution in [2.24, 2.45) is 0 Å². The van der Waals surface area contributed by atoms with Gasteiger partial charge in [0.05, 0.1) is 5.56 Å². The number of hydrogen-bond acceptors (Lipinski definition) is 7. The number of halogens is 1. The van der Waals surface area contributed by atoms with Gasteiger partial charge in [-0.3, -0.25) is 5.01 Å². The van der Waals surface area contributed by atoms with Crippen molar-refractivity contribution < 1.29 is 9.13 Å². The van der Waals surface area contributed by atoms with Crippen LogP contribution in [0.15, 0.2) is 36.7 Å². The molecule has 166 valence electrons. The maximum absolute atomic E-state index is 13.2. The minimum atomic E-state index is -0.937. The van der Waals surface area contributed by atoms with Crippen LogP contribution in [0.4, 0.5) is 9.52 Å². The van der Waals surface area contributed by atoms with E-state index in [0.717, 1.165) is 18.0 Å². The Bertz CT molecular complexity index is 1020. The fourth-order valence-corrected chi connectivity index (χ4v) is 5.65. The summed E-state index contributed by atoms with van der Waals surface area (Å²) in [6.45, 7) is 8.15. The van der Waals surface area contributed by atoms with Gasteiger partial charge in [-0.05, 0) is 65.2 Å². The fourth-order valence-electron chi connectivity index (χ4n) is 4.83. The standard InChI is InChI=1S/C22H29FN6OS/c1-21(2)11-7-12-22(3,4)29(21)27(5)20-26-25-19(31-20)16-9-6-10-17(18(16)30-15-23)28-14-8-13-24-28/h6,8-10,13-14H,7,11-12,15H2,1-5H3. The van der Waals surface area contributed by atoms with Gasteiger partial charge < -0.3 is 4.74 Å². The first-order chi connectivity index (χ1) is 14.7. The highest BCUT2D eigenvalue weighted by atomic mass is 32.1. The monoisotopic (exact) mass is 444 g/mol. The van der Waals surface area contributed by atoms with Gasteiger partial charge in [-0.2, -0.15) is 5.10 Å². The van der Waals surface area contributed by atoms with Crippen molar-refractivity contribution in [2.45, 2.75) is 58.0 Å². The van der Waals surface area contributed by atoms with Crippen molar-refractivity contribution in [2.75, 3.05) is 18.9 Å². The van der Waals surface area contributed by atoms with Crippen molar-refractivity contribution in [3.63, 3.8) is 0 Å². The number of para-hydroxylation sites is 1. The van der Waals surface area contributed by atoms with Crippen molar-refractivity contribution in [1.29, 1.82) is 0 Å². The fraction of sp³-hybridized carbons (Fsp3) is 0.500. The van der Waals surface area contributed by atoms with Crippen LogP contribution in [-0.4, -0.2) is 50.0 Å². The topological polar surface area (TPSA) is 59.3 Å². The summed E-state index contributed by atoms with van der Waals surface area (Å²) in [6.07, 6.45) is 6.91. The second-order valence-corrected chi connectivity index (χ2v) is 10.0. The van der Waals surface area contributed by atoms with E-state index in [-0.39, 0.29) is 11.1 Å². The highest BCUT2D eigenvalue weighted by Gasteiger charge is 2.44. The molecule has 0 N–H and O–H groups in total. The predicted molar refractivity (Wildman–Crippen MR) is 121 cm³/mol. The van der Waals surface area contributed by atoms with Crippen molar-refractivity contribution in [3.8, 4) is 22.0 Å². The van der Waals surface area contributed by atoms with Crippen LogP contribution in [0.1, 0.15) is 47.0 Å². The Morgan fingerprint density at radius 3 is 2.52 bits per heavy atom. The van der Waals surface area contributed by atoms with Crippen LogP contribution in [0.3, 0.4) is 0 Å². The summed E-state index contributed by atoms with van der Waals surface area (Å²) in [4.78, 5) is 0. The Kier molecular flexibility index (Phi) is 5.74. The summed E-state index contributed by atoms with van der Waals surface area (Å²) in [5.41, 5.74) is 1.36. The van der Waals surface area contributed by atoms with Crippen LogP contribution in [-0.2, 0) is 0 Å². The summed E-state index contributed by atoms with van der Waals surface area (Å²) in [5, 5.41) is 19.1. The lowest BCUT2D eigenvalue weighted by Gasteiger charge is -2.55. The lowest BCUT2D eigenvalue weighted by Crippen LogP contribution is -2.64. The van der Waals surface area contributed by atoms with Crippen LogP contribution in [0.2, 0.25) is 0 Å². The van der Waals surface area contributed by atoms with Gasteiger partial charge in [-0.1, -0.05) is 17.4 Å². The SMILES string of the molecule is CN(c1nnc(-c2cccc(-n3cccn3)c2OCF)s1)N1C(C)(C)CCCC1(C)C. The normalized spacial score (nSPS) is 18.1. The maximum Gasteiger partial charge on any atom is 0.228 e. The number of alkyl halides is 1. The Hall–Kier alpha value is -2.52. The van der Waals surface area contributed by atoms with Crippen molar-refractivity contribution in [3.05, 3.63) is 36.7 Å². The summed E-state index contributed by atoms with van der Waals surface area (Å²) in [5.74, 6) is 0.401. The van der Waals surface area contributed by atoms with Gasteiger partial charge in [0.25, 0.3) is 0 Å². The van der Waals surface area contributed by atoms with E-state index in [0.29, 0.717) is 22.0 Å². The smallest absolute Gasteiger partial charge is 0.228 e. The van der Waals surface area contributed by atoms with Crippen LogP contribution < -0.4 is 9.75 Å². The molecule has 0 amide bonds. The van der Waals surface area contributed by atoms with Crippen LogP contribution in [0.25, 0.3) is 16.3 Å². The molecule has 0 atom stereocenters. The van der Waals surface area contributed by atoms with Gasteiger partial charge in [-0.15, -0.1) is 10.2 Å². The van der Waals surface area contributed by atoms with Gasteiger partial charge >= 0.3 is 0 Å². The molecular weight excluding hydrogens is 415 g/mol. The molecule has 4 rings (SSSR count). The summed E-state index contributed by atoms with van der Waals surface area (Å²) in [6, 6.07) is 7.41. The van der Waals surface area contributed by atoms with E-state index < -0.39 is 6.86 Å². The minimum Gasteiger partial charge on any atom is -0.460 e. The molecule has 1 aromatic carbocycles. The number of aromatic nitrogens is 4. The van der Waals surface area contributed by atoms with E-state index in [9.17, 15) is 4.39 Å². The predicted octanol–water partition coefficient (Wildman–Crippen LogP) is 5.09. The number of benzene rings is 1. The number of hydrogen-bond donors (Lipinski definition) is 0. The number of rotatable bonds is 6. The first kappa shape index (κ1) is 21.7. The van der Waals surface area contributed by atoms with E-state index >= 15 is 0 Å². The first-order valence-corrected chi connectivity index (χ1v) is 11.3. The lowest BCUT2D eigenvalue weighted by molar-refractivity contribution is -0.0326.